The number of hydrogen-bond donors (Lipinski definition) is 0. The van der Waals surface area contributed by atoms with Crippen LogP contribution in [0.3, 0.4) is 0 Å². The monoisotopic (exact) mass is 434 g/mol. The minimum atomic E-state index is -0.667. The zero-order chi connectivity index (χ0) is 19.4. The number of rotatable bonds is 6. The number of hydrogen-bond acceptors (Lipinski definition) is 3. The molecule has 1 fully saturated rings. The van der Waals surface area contributed by atoms with E-state index in [1.165, 1.54) is 29.2 Å². The van der Waals surface area contributed by atoms with Crippen molar-refractivity contribution in [1.29, 1.82) is 0 Å². The highest BCUT2D eigenvalue weighted by molar-refractivity contribution is 9.10. The molecule has 1 unspecified atom stereocenters. The first-order chi connectivity index (χ1) is 13.0. The van der Waals surface area contributed by atoms with Gasteiger partial charge >= 0.3 is 0 Å². The molecule has 3 rings (SSSR count). The molecule has 0 N–H and O–H groups in total. The lowest BCUT2D eigenvalue weighted by molar-refractivity contribution is -0.139. The molecule has 2 aromatic carbocycles. The van der Waals surface area contributed by atoms with Gasteiger partial charge in [0.25, 0.3) is 0 Å². The third kappa shape index (κ3) is 4.66. The van der Waals surface area contributed by atoms with Crippen LogP contribution in [0.4, 0.5) is 10.1 Å². The first-order valence-electron chi connectivity index (χ1n) is 8.66. The van der Waals surface area contributed by atoms with Crippen LogP contribution >= 0.6 is 15.9 Å². The molecule has 0 spiro atoms. The normalized spacial score (nSPS) is 16.5. The number of ether oxygens (including phenoxy) is 1. The van der Waals surface area contributed by atoms with Gasteiger partial charge in [-0.3, -0.25) is 9.59 Å². The van der Waals surface area contributed by atoms with Crippen molar-refractivity contribution in [2.75, 3.05) is 31.6 Å². The molecule has 0 aliphatic carbocycles. The van der Waals surface area contributed by atoms with Crippen molar-refractivity contribution in [2.24, 2.45) is 5.92 Å². The predicted octanol–water partition coefficient (Wildman–Crippen LogP) is 3.48. The Bertz CT molecular complexity index is 828. The van der Waals surface area contributed by atoms with E-state index in [4.69, 9.17) is 4.74 Å². The molecule has 0 radical (unpaired) electrons. The van der Waals surface area contributed by atoms with Crippen LogP contribution in [-0.2, 0) is 9.59 Å². The van der Waals surface area contributed by atoms with Gasteiger partial charge in [-0.2, -0.15) is 0 Å². The molecule has 27 heavy (non-hydrogen) atoms. The van der Waals surface area contributed by atoms with Gasteiger partial charge < -0.3 is 14.5 Å². The fraction of sp³-hybridized carbons (Fsp3) is 0.300. The van der Waals surface area contributed by atoms with E-state index < -0.39 is 5.92 Å². The van der Waals surface area contributed by atoms with Crippen LogP contribution in [0.15, 0.2) is 53.0 Å². The second-order valence-corrected chi connectivity index (χ2v) is 7.29. The molecule has 7 heteroatoms. The summed E-state index contributed by atoms with van der Waals surface area (Å²) in [5, 5.41) is 0. The van der Waals surface area contributed by atoms with E-state index in [2.05, 4.69) is 15.9 Å². The largest absolute Gasteiger partial charge is 0.492 e. The zero-order valence-corrected chi connectivity index (χ0v) is 16.5. The smallest absolute Gasteiger partial charge is 0.239 e. The summed E-state index contributed by atoms with van der Waals surface area (Å²) in [7, 11) is 1.66. The summed E-state index contributed by atoms with van der Waals surface area (Å²) < 4.78 is 19.3. The fourth-order valence-corrected chi connectivity index (χ4v) is 3.40. The summed E-state index contributed by atoms with van der Waals surface area (Å²) in [5.41, 5.74) is 0.784. The van der Waals surface area contributed by atoms with E-state index in [0.717, 1.165) is 10.2 Å². The Morgan fingerprint density at radius 1 is 1.30 bits per heavy atom. The Balaban J connectivity index is 1.54. The van der Waals surface area contributed by atoms with E-state index in [1.807, 2.05) is 24.3 Å². The van der Waals surface area contributed by atoms with Crippen molar-refractivity contribution in [3.8, 4) is 5.75 Å². The van der Waals surface area contributed by atoms with Crippen molar-refractivity contribution in [1.82, 2.24) is 4.90 Å². The van der Waals surface area contributed by atoms with Crippen molar-refractivity contribution >= 4 is 33.4 Å². The summed E-state index contributed by atoms with van der Waals surface area (Å²) in [6.45, 7) is 1.13. The van der Waals surface area contributed by atoms with Crippen LogP contribution in [0.25, 0.3) is 0 Å². The highest BCUT2D eigenvalue weighted by atomic mass is 79.9. The number of carbonyl (C=O) groups is 2. The summed E-state index contributed by atoms with van der Waals surface area (Å²) in [6, 6.07) is 13.2. The lowest BCUT2D eigenvalue weighted by Gasteiger charge is -2.21. The first kappa shape index (κ1) is 19.4. The number of halogens is 2. The third-order valence-corrected chi connectivity index (χ3v) is 5.00. The van der Waals surface area contributed by atoms with Gasteiger partial charge in [0.2, 0.25) is 11.8 Å². The average molecular weight is 435 g/mol. The molecule has 0 aromatic heterocycles. The maximum absolute atomic E-state index is 12.9. The highest BCUT2D eigenvalue weighted by Crippen LogP contribution is 2.28. The molecular weight excluding hydrogens is 415 g/mol. The third-order valence-electron chi connectivity index (χ3n) is 4.51. The Kier molecular flexibility index (Phi) is 6.11. The quantitative estimate of drug-likeness (QED) is 0.653. The van der Waals surface area contributed by atoms with Crippen LogP contribution in [0, 0.1) is 11.7 Å². The SMILES string of the molecule is CN(CCOc1ccc(F)cc1)C(=O)C1CCN(c2cccc(Br)c2)C1=O. The Morgan fingerprint density at radius 2 is 2.04 bits per heavy atom. The molecule has 1 aliphatic heterocycles. The summed E-state index contributed by atoms with van der Waals surface area (Å²) in [5.74, 6) is -0.844. The topological polar surface area (TPSA) is 49.9 Å². The van der Waals surface area contributed by atoms with Gasteiger partial charge in [-0.05, 0) is 48.9 Å². The molecule has 2 amide bonds. The molecule has 1 saturated heterocycles. The molecule has 2 aromatic rings. The van der Waals surface area contributed by atoms with Gasteiger partial charge in [-0.25, -0.2) is 4.39 Å². The van der Waals surface area contributed by atoms with E-state index in [0.29, 0.717) is 25.3 Å². The van der Waals surface area contributed by atoms with Crippen LogP contribution in [0.1, 0.15) is 6.42 Å². The second-order valence-electron chi connectivity index (χ2n) is 6.37. The summed E-state index contributed by atoms with van der Waals surface area (Å²) in [6.07, 6.45) is 0.493. The van der Waals surface area contributed by atoms with E-state index in [-0.39, 0.29) is 24.2 Å². The zero-order valence-electron chi connectivity index (χ0n) is 14.9. The van der Waals surface area contributed by atoms with Gasteiger partial charge in [0.15, 0.2) is 0 Å². The predicted molar refractivity (Wildman–Crippen MR) is 104 cm³/mol. The number of nitrogens with zero attached hydrogens (tertiary/aromatic N) is 2. The minimum absolute atomic E-state index is 0.176. The summed E-state index contributed by atoms with van der Waals surface area (Å²) in [4.78, 5) is 28.5. The van der Waals surface area contributed by atoms with Crippen LogP contribution < -0.4 is 9.64 Å². The number of carbonyl (C=O) groups excluding carboxylic acids is 2. The lowest BCUT2D eigenvalue weighted by Crippen LogP contribution is -2.39. The van der Waals surface area contributed by atoms with Crippen LogP contribution in [0.2, 0.25) is 0 Å². The second kappa shape index (κ2) is 8.52. The van der Waals surface area contributed by atoms with Gasteiger partial charge in [0.1, 0.15) is 24.1 Å². The van der Waals surface area contributed by atoms with Gasteiger partial charge in [-0.15, -0.1) is 0 Å². The lowest BCUT2D eigenvalue weighted by atomic mass is 10.1. The minimum Gasteiger partial charge on any atom is -0.492 e. The van der Waals surface area contributed by atoms with Crippen molar-refractivity contribution < 1.29 is 18.7 Å². The number of benzene rings is 2. The Hall–Kier alpha value is -2.41. The number of amides is 2. The van der Waals surface area contributed by atoms with Gasteiger partial charge in [0.05, 0.1) is 6.54 Å². The maximum atomic E-state index is 12.9. The van der Waals surface area contributed by atoms with Gasteiger partial charge in [0, 0.05) is 23.8 Å². The molecule has 0 saturated carbocycles. The molecule has 1 aliphatic rings. The Labute approximate surface area is 165 Å². The Morgan fingerprint density at radius 3 is 2.74 bits per heavy atom. The van der Waals surface area contributed by atoms with E-state index >= 15 is 0 Å². The van der Waals surface area contributed by atoms with Crippen molar-refractivity contribution in [3.05, 3.63) is 58.8 Å². The molecule has 0 bridgehead atoms. The van der Waals surface area contributed by atoms with E-state index in [1.54, 1.807) is 11.9 Å². The highest BCUT2D eigenvalue weighted by Gasteiger charge is 2.38. The molecule has 5 nitrogen and oxygen atoms in total. The number of anilines is 1. The maximum Gasteiger partial charge on any atom is 0.239 e. The van der Waals surface area contributed by atoms with Crippen LogP contribution in [0.5, 0.6) is 5.75 Å². The van der Waals surface area contributed by atoms with Crippen molar-refractivity contribution in [2.45, 2.75) is 6.42 Å². The fourth-order valence-electron chi connectivity index (χ4n) is 3.02. The number of likely N-dealkylation sites (N-methyl/N-ethyl adjacent to an activating group) is 1. The standard InChI is InChI=1S/C20H20BrFN2O3/c1-23(11-12-27-17-7-5-15(22)6-8-17)19(25)18-9-10-24(20(18)26)16-4-2-3-14(21)13-16/h2-8,13,18H,9-12H2,1H3. The molecule has 142 valence electrons. The van der Waals surface area contributed by atoms with Crippen LogP contribution in [-0.4, -0.2) is 43.5 Å². The molecule has 1 atom stereocenters. The van der Waals surface area contributed by atoms with E-state index in [9.17, 15) is 14.0 Å². The average Bonchev–Trinajstić information content (AvgIpc) is 3.04. The van der Waals surface area contributed by atoms with Crippen molar-refractivity contribution in [3.63, 3.8) is 0 Å². The summed E-state index contributed by atoms with van der Waals surface area (Å²) >= 11 is 3.40. The molecule has 1 heterocycles. The van der Waals surface area contributed by atoms with Gasteiger partial charge in [-0.1, -0.05) is 22.0 Å². The first-order valence-corrected chi connectivity index (χ1v) is 9.45. The molecular formula is C20H20BrFN2O3.